The molecule has 9 heavy (non-hydrogen) atoms. The third kappa shape index (κ3) is 1.21. The molecule has 1 aliphatic heterocycles. The quantitative estimate of drug-likeness (QED) is 0.413. The van der Waals surface area contributed by atoms with E-state index in [9.17, 15) is 0 Å². The summed E-state index contributed by atoms with van der Waals surface area (Å²) in [7, 11) is 0. The van der Waals surface area contributed by atoms with Gasteiger partial charge in [-0.3, -0.25) is 0 Å². The Bertz CT molecular complexity index is 95.0. The van der Waals surface area contributed by atoms with Crippen LogP contribution in [0.15, 0.2) is 0 Å². The van der Waals surface area contributed by atoms with Crippen molar-refractivity contribution in [1.82, 2.24) is 0 Å². The minimum Gasteiger partial charge on any atom is -0.388 e. The topological polar surface area (TPSA) is 69.9 Å². The van der Waals surface area contributed by atoms with Crippen LogP contribution < -0.4 is 0 Å². The third-order valence-corrected chi connectivity index (χ3v) is 1.34. The van der Waals surface area contributed by atoms with Gasteiger partial charge in [0, 0.05) is 0 Å². The number of rotatable bonds is 1. The van der Waals surface area contributed by atoms with Crippen LogP contribution in [0.4, 0.5) is 0 Å². The Kier molecular flexibility index (Phi) is 2.02. The predicted molar refractivity (Wildman–Crippen MR) is 28.0 cm³/mol. The molecule has 0 spiro atoms. The zero-order chi connectivity index (χ0) is 6.85. The van der Waals surface area contributed by atoms with Crippen LogP contribution >= 0.6 is 0 Å². The van der Waals surface area contributed by atoms with E-state index in [2.05, 4.69) is 0 Å². The van der Waals surface area contributed by atoms with Crippen molar-refractivity contribution in [3.05, 3.63) is 6.61 Å². The molecule has 53 valence electrons. The van der Waals surface area contributed by atoms with Gasteiger partial charge in [0.2, 0.25) is 0 Å². The molecule has 0 aromatic heterocycles. The summed E-state index contributed by atoms with van der Waals surface area (Å²) in [4.78, 5) is 0. The summed E-state index contributed by atoms with van der Waals surface area (Å²) >= 11 is 0. The van der Waals surface area contributed by atoms with Crippen LogP contribution in [-0.2, 0) is 4.74 Å². The molecule has 1 rings (SSSR count). The standard InChI is InChI=1S/C5H9O4/c6-1-4-5(8)3(7)2-9-4/h1,3-8H,2H2/t3-,4+,5-/m0/s1. The largest absolute Gasteiger partial charge is 0.388 e. The normalized spacial score (nSPS) is 43.7. The Labute approximate surface area is 52.7 Å². The molecular formula is C5H9O4. The maximum Gasteiger partial charge on any atom is 0.115 e. The van der Waals surface area contributed by atoms with E-state index in [4.69, 9.17) is 20.1 Å². The van der Waals surface area contributed by atoms with Gasteiger partial charge in [-0.2, -0.15) is 0 Å². The second-order valence-corrected chi connectivity index (χ2v) is 2.00. The number of aliphatic hydroxyl groups excluding tert-OH is 3. The molecule has 3 atom stereocenters. The van der Waals surface area contributed by atoms with Gasteiger partial charge in [0.1, 0.15) is 24.9 Å². The smallest absolute Gasteiger partial charge is 0.115 e. The first kappa shape index (κ1) is 6.95. The van der Waals surface area contributed by atoms with E-state index < -0.39 is 18.3 Å². The molecule has 1 heterocycles. The maximum absolute atomic E-state index is 8.89. The molecule has 1 aliphatic rings. The van der Waals surface area contributed by atoms with Crippen LogP contribution in [0.5, 0.6) is 0 Å². The lowest BCUT2D eigenvalue weighted by Gasteiger charge is -2.09. The minimum absolute atomic E-state index is 0.0862. The van der Waals surface area contributed by atoms with E-state index in [1.165, 1.54) is 0 Å². The Morgan fingerprint density at radius 2 is 2.11 bits per heavy atom. The van der Waals surface area contributed by atoms with Gasteiger partial charge in [-0.25, -0.2) is 0 Å². The highest BCUT2D eigenvalue weighted by Crippen LogP contribution is 2.14. The van der Waals surface area contributed by atoms with Gasteiger partial charge >= 0.3 is 0 Å². The fraction of sp³-hybridized carbons (Fsp3) is 0.800. The molecule has 0 aromatic carbocycles. The van der Waals surface area contributed by atoms with Crippen LogP contribution in [0.25, 0.3) is 0 Å². The van der Waals surface area contributed by atoms with Gasteiger partial charge in [-0.1, -0.05) is 0 Å². The number of hydrogen-bond donors (Lipinski definition) is 3. The zero-order valence-electron chi connectivity index (χ0n) is 4.77. The van der Waals surface area contributed by atoms with E-state index in [0.717, 1.165) is 6.61 Å². The molecule has 4 heteroatoms. The summed E-state index contributed by atoms with van der Waals surface area (Å²) in [5.74, 6) is 0. The molecule has 0 aromatic rings. The Morgan fingerprint density at radius 3 is 2.33 bits per heavy atom. The van der Waals surface area contributed by atoms with Crippen molar-refractivity contribution < 1.29 is 20.1 Å². The fourth-order valence-electron chi connectivity index (χ4n) is 0.757. The molecular weight excluding hydrogens is 124 g/mol. The summed E-state index contributed by atoms with van der Waals surface area (Å²) in [6.45, 7) is 0.823. The van der Waals surface area contributed by atoms with Crippen molar-refractivity contribution in [3.8, 4) is 0 Å². The summed E-state index contributed by atoms with van der Waals surface area (Å²) in [6.07, 6.45) is -2.56. The van der Waals surface area contributed by atoms with Crippen molar-refractivity contribution in [2.75, 3.05) is 6.61 Å². The second-order valence-electron chi connectivity index (χ2n) is 2.00. The summed E-state index contributed by atoms with van der Waals surface area (Å²) in [6, 6.07) is 0. The zero-order valence-corrected chi connectivity index (χ0v) is 4.77. The average molecular weight is 133 g/mol. The van der Waals surface area contributed by atoms with Crippen molar-refractivity contribution in [2.45, 2.75) is 18.3 Å². The number of aliphatic hydroxyl groups is 3. The van der Waals surface area contributed by atoms with Gasteiger partial charge in [-0.05, 0) is 0 Å². The molecule has 0 bridgehead atoms. The highest BCUT2D eigenvalue weighted by molar-refractivity contribution is 4.86. The lowest BCUT2D eigenvalue weighted by Crippen LogP contribution is -2.29. The summed E-state index contributed by atoms with van der Waals surface area (Å²) in [5, 5.41) is 26.0. The van der Waals surface area contributed by atoms with Gasteiger partial charge in [0.25, 0.3) is 0 Å². The molecule has 1 fully saturated rings. The maximum atomic E-state index is 8.89. The SMILES string of the molecule is O[CH][C@H]1OC[C@H](O)[C@@H]1O. The first-order valence-electron chi connectivity index (χ1n) is 2.71. The van der Waals surface area contributed by atoms with Crippen LogP contribution in [0.1, 0.15) is 0 Å². The molecule has 4 nitrogen and oxygen atoms in total. The van der Waals surface area contributed by atoms with Gasteiger partial charge in [0.05, 0.1) is 6.61 Å². The van der Waals surface area contributed by atoms with E-state index in [1.54, 1.807) is 0 Å². The second kappa shape index (κ2) is 2.62. The van der Waals surface area contributed by atoms with Crippen LogP contribution in [0, 0.1) is 6.61 Å². The Hall–Kier alpha value is -0.160. The van der Waals surface area contributed by atoms with Crippen molar-refractivity contribution in [1.29, 1.82) is 0 Å². The number of hydrogen-bond acceptors (Lipinski definition) is 4. The molecule has 0 unspecified atom stereocenters. The third-order valence-electron chi connectivity index (χ3n) is 1.34. The summed E-state index contributed by atoms with van der Waals surface area (Å²) < 4.78 is 4.72. The summed E-state index contributed by atoms with van der Waals surface area (Å²) in [5.41, 5.74) is 0. The fourth-order valence-corrected chi connectivity index (χ4v) is 0.757. The highest BCUT2D eigenvalue weighted by Gasteiger charge is 2.33. The first-order valence-corrected chi connectivity index (χ1v) is 2.71. The van der Waals surface area contributed by atoms with Crippen LogP contribution in [0.3, 0.4) is 0 Å². The highest BCUT2D eigenvalue weighted by atomic mass is 16.5. The van der Waals surface area contributed by atoms with E-state index in [-0.39, 0.29) is 6.61 Å². The molecule has 0 amide bonds. The Balaban J connectivity index is 2.41. The molecule has 3 N–H and O–H groups in total. The van der Waals surface area contributed by atoms with Crippen molar-refractivity contribution >= 4 is 0 Å². The van der Waals surface area contributed by atoms with E-state index in [0.29, 0.717) is 0 Å². The van der Waals surface area contributed by atoms with Crippen LogP contribution in [-0.4, -0.2) is 40.2 Å². The van der Waals surface area contributed by atoms with Gasteiger partial charge in [-0.15, -0.1) is 0 Å². The molecule has 0 saturated carbocycles. The predicted octanol–water partition coefficient (Wildman–Crippen LogP) is -1.36. The minimum atomic E-state index is -0.977. The number of ether oxygens (including phenoxy) is 1. The molecule has 1 saturated heterocycles. The Morgan fingerprint density at radius 1 is 1.44 bits per heavy atom. The monoisotopic (exact) mass is 133 g/mol. The first-order chi connectivity index (χ1) is 4.25. The molecule has 0 aliphatic carbocycles. The lowest BCUT2D eigenvalue weighted by atomic mass is 10.2. The van der Waals surface area contributed by atoms with Gasteiger partial charge in [0.15, 0.2) is 0 Å². The van der Waals surface area contributed by atoms with E-state index in [1.807, 2.05) is 0 Å². The van der Waals surface area contributed by atoms with Gasteiger partial charge < -0.3 is 20.1 Å². The van der Waals surface area contributed by atoms with Crippen molar-refractivity contribution in [3.63, 3.8) is 0 Å². The van der Waals surface area contributed by atoms with Crippen LogP contribution in [0.2, 0.25) is 0 Å². The molecule has 1 radical (unpaired) electrons. The van der Waals surface area contributed by atoms with E-state index >= 15 is 0 Å². The average Bonchev–Trinajstić information content (AvgIpc) is 2.15. The lowest BCUT2D eigenvalue weighted by molar-refractivity contribution is 0.0184. The van der Waals surface area contributed by atoms with Crippen molar-refractivity contribution in [2.24, 2.45) is 0 Å².